The maximum Gasteiger partial charge on any atom is 0.260 e. The normalized spacial score (nSPS) is 17.8. The first kappa shape index (κ1) is 15.9. The highest BCUT2D eigenvalue weighted by atomic mass is 32.2. The summed E-state index contributed by atoms with van der Waals surface area (Å²) in [6, 6.07) is 1.44. The van der Waals surface area contributed by atoms with Crippen LogP contribution in [0.3, 0.4) is 0 Å². The fourth-order valence-electron chi connectivity index (χ4n) is 2.18. The molecule has 1 saturated heterocycles. The van der Waals surface area contributed by atoms with Gasteiger partial charge in [-0.25, -0.2) is 8.42 Å². The molecule has 0 spiro atoms. The first-order chi connectivity index (χ1) is 10.0. The SMILES string of the molecule is CCCNC(=O)CN1CCN(S(=O)(=O)c2ccn[nH]2)CC1. The van der Waals surface area contributed by atoms with Crippen molar-refractivity contribution in [2.75, 3.05) is 39.3 Å². The summed E-state index contributed by atoms with van der Waals surface area (Å²) in [5.74, 6) is -0.0123. The van der Waals surface area contributed by atoms with E-state index in [-0.39, 0.29) is 10.9 Å². The molecule has 0 aliphatic carbocycles. The Labute approximate surface area is 124 Å². The second-order valence-electron chi connectivity index (χ2n) is 4.95. The molecular weight excluding hydrogens is 294 g/mol. The van der Waals surface area contributed by atoms with Crippen molar-refractivity contribution in [3.8, 4) is 0 Å². The molecular formula is C12H21N5O3S. The van der Waals surface area contributed by atoms with Crippen molar-refractivity contribution in [2.24, 2.45) is 0 Å². The lowest BCUT2D eigenvalue weighted by Gasteiger charge is -2.33. The minimum Gasteiger partial charge on any atom is -0.355 e. The van der Waals surface area contributed by atoms with Crippen LogP contribution in [0.2, 0.25) is 0 Å². The molecule has 21 heavy (non-hydrogen) atoms. The summed E-state index contributed by atoms with van der Waals surface area (Å²) in [4.78, 5) is 13.6. The van der Waals surface area contributed by atoms with E-state index in [1.807, 2.05) is 11.8 Å². The van der Waals surface area contributed by atoms with E-state index < -0.39 is 10.0 Å². The predicted octanol–water partition coefficient (Wildman–Crippen LogP) is -0.758. The second kappa shape index (κ2) is 7.01. The number of piperazine rings is 1. The maximum absolute atomic E-state index is 12.3. The zero-order valence-corrected chi connectivity index (χ0v) is 12.9. The molecule has 2 heterocycles. The molecule has 0 radical (unpaired) electrons. The molecule has 2 N–H and O–H groups in total. The van der Waals surface area contributed by atoms with E-state index in [0.717, 1.165) is 6.42 Å². The number of H-pyrrole nitrogens is 1. The Morgan fingerprint density at radius 2 is 2.10 bits per heavy atom. The fraction of sp³-hybridized carbons (Fsp3) is 0.667. The lowest BCUT2D eigenvalue weighted by molar-refractivity contribution is -0.122. The molecule has 1 aromatic heterocycles. The molecule has 0 bridgehead atoms. The molecule has 9 heteroatoms. The number of sulfonamides is 1. The number of aromatic nitrogens is 2. The molecule has 118 valence electrons. The standard InChI is InChI=1S/C12H21N5O3S/c1-2-4-13-11(18)10-16-6-8-17(9-7-16)21(19,20)12-3-5-14-15-12/h3,5H,2,4,6-10H2,1H3,(H,13,18)(H,14,15). The molecule has 2 rings (SSSR count). The van der Waals surface area contributed by atoms with Gasteiger partial charge in [0.2, 0.25) is 5.91 Å². The van der Waals surface area contributed by atoms with Gasteiger partial charge in [-0.05, 0) is 12.5 Å². The molecule has 0 unspecified atom stereocenters. The fourth-order valence-corrected chi connectivity index (χ4v) is 3.50. The smallest absolute Gasteiger partial charge is 0.260 e. The molecule has 1 aliphatic heterocycles. The van der Waals surface area contributed by atoms with E-state index in [4.69, 9.17) is 0 Å². The number of hydrogen-bond donors (Lipinski definition) is 2. The highest BCUT2D eigenvalue weighted by Crippen LogP contribution is 2.14. The Bertz CT molecular complexity index is 549. The van der Waals surface area contributed by atoms with Crippen molar-refractivity contribution >= 4 is 15.9 Å². The lowest BCUT2D eigenvalue weighted by atomic mass is 10.3. The van der Waals surface area contributed by atoms with Crippen LogP contribution in [0.4, 0.5) is 0 Å². The van der Waals surface area contributed by atoms with Crippen LogP contribution in [-0.4, -0.2) is 73.0 Å². The Morgan fingerprint density at radius 1 is 1.38 bits per heavy atom. The van der Waals surface area contributed by atoms with E-state index in [1.54, 1.807) is 0 Å². The first-order valence-electron chi connectivity index (χ1n) is 7.02. The number of aromatic amines is 1. The molecule has 1 fully saturated rings. The monoisotopic (exact) mass is 315 g/mol. The highest BCUT2D eigenvalue weighted by molar-refractivity contribution is 7.89. The van der Waals surface area contributed by atoms with E-state index in [9.17, 15) is 13.2 Å². The van der Waals surface area contributed by atoms with Gasteiger partial charge in [-0.3, -0.25) is 14.8 Å². The Morgan fingerprint density at radius 3 is 2.67 bits per heavy atom. The third-order valence-corrected chi connectivity index (χ3v) is 5.19. The van der Waals surface area contributed by atoms with Gasteiger partial charge in [0, 0.05) is 32.7 Å². The van der Waals surface area contributed by atoms with Crippen LogP contribution in [0.5, 0.6) is 0 Å². The van der Waals surface area contributed by atoms with Crippen molar-refractivity contribution in [1.82, 2.24) is 24.7 Å². The van der Waals surface area contributed by atoms with Crippen molar-refractivity contribution in [2.45, 2.75) is 18.4 Å². The van der Waals surface area contributed by atoms with Gasteiger partial charge in [0.05, 0.1) is 12.7 Å². The molecule has 8 nitrogen and oxygen atoms in total. The number of nitrogens with one attached hydrogen (secondary N) is 2. The number of carbonyl (C=O) groups is 1. The van der Waals surface area contributed by atoms with Gasteiger partial charge in [0.1, 0.15) is 0 Å². The number of nitrogens with zero attached hydrogens (tertiary/aromatic N) is 3. The van der Waals surface area contributed by atoms with Crippen LogP contribution in [0, 0.1) is 0 Å². The molecule has 0 saturated carbocycles. The van der Waals surface area contributed by atoms with E-state index in [2.05, 4.69) is 15.5 Å². The van der Waals surface area contributed by atoms with E-state index >= 15 is 0 Å². The van der Waals surface area contributed by atoms with Crippen molar-refractivity contribution in [3.05, 3.63) is 12.3 Å². The first-order valence-corrected chi connectivity index (χ1v) is 8.46. The quantitative estimate of drug-likeness (QED) is 0.719. The molecule has 0 aromatic carbocycles. The number of amides is 1. The summed E-state index contributed by atoms with van der Waals surface area (Å²) in [7, 11) is -3.50. The summed E-state index contributed by atoms with van der Waals surface area (Å²) in [5.41, 5.74) is 0. The number of rotatable bonds is 6. The summed E-state index contributed by atoms with van der Waals surface area (Å²) >= 11 is 0. The number of hydrogen-bond acceptors (Lipinski definition) is 5. The summed E-state index contributed by atoms with van der Waals surface area (Å²) < 4.78 is 26.0. The molecule has 0 atom stereocenters. The zero-order chi connectivity index (χ0) is 15.3. The van der Waals surface area contributed by atoms with Crippen LogP contribution in [-0.2, 0) is 14.8 Å². The lowest BCUT2D eigenvalue weighted by Crippen LogP contribution is -2.51. The Hall–Kier alpha value is -1.45. The largest absolute Gasteiger partial charge is 0.355 e. The third-order valence-electron chi connectivity index (χ3n) is 3.36. The highest BCUT2D eigenvalue weighted by Gasteiger charge is 2.29. The number of carbonyl (C=O) groups excluding carboxylic acids is 1. The average molecular weight is 315 g/mol. The summed E-state index contributed by atoms with van der Waals surface area (Å²) in [5, 5.41) is 9.08. The van der Waals surface area contributed by atoms with Gasteiger partial charge in [-0.2, -0.15) is 9.40 Å². The summed E-state index contributed by atoms with van der Waals surface area (Å²) in [6.45, 7) is 4.84. The van der Waals surface area contributed by atoms with Gasteiger partial charge in [0.15, 0.2) is 5.03 Å². The van der Waals surface area contributed by atoms with Crippen LogP contribution in [0.15, 0.2) is 17.3 Å². The van der Waals surface area contributed by atoms with Gasteiger partial charge in [-0.1, -0.05) is 6.92 Å². The molecule has 1 aromatic rings. The zero-order valence-electron chi connectivity index (χ0n) is 12.1. The van der Waals surface area contributed by atoms with E-state index in [1.165, 1.54) is 16.6 Å². The van der Waals surface area contributed by atoms with Crippen molar-refractivity contribution in [3.63, 3.8) is 0 Å². The topological polar surface area (TPSA) is 98.4 Å². The van der Waals surface area contributed by atoms with Crippen molar-refractivity contribution < 1.29 is 13.2 Å². The maximum atomic E-state index is 12.3. The van der Waals surface area contributed by atoms with Crippen LogP contribution in [0.25, 0.3) is 0 Å². The van der Waals surface area contributed by atoms with Gasteiger partial charge in [0.25, 0.3) is 10.0 Å². The Kier molecular flexibility index (Phi) is 5.32. The second-order valence-corrected chi connectivity index (χ2v) is 6.86. The summed E-state index contributed by atoms with van der Waals surface area (Å²) in [6.07, 6.45) is 2.32. The average Bonchev–Trinajstić information content (AvgIpc) is 3.00. The predicted molar refractivity (Wildman–Crippen MR) is 77.1 cm³/mol. The van der Waals surface area contributed by atoms with E-state index in [0.29, 0.717) is 39.3 Å². The third kappa shape index (κ3) is 4.02. The minimum absolute atomic E-state index is 0.0123. The molecule has 1 amide bonds. The van der Waals surface area contributed by atoms with Crippen LogP contribution >= 0.6 is 0 Å². The van der Waals surface area contributed by atoms with Crippen LogP contribution < -0.4 is 5.32 Å². The van der Waals surface area contributed by atoms with Gasteiger partial charge < -0.3 is 5.32 Å². The minimum atomic E-state index is -3.50. The van der Waals surface area contributed by atoms with Crippen LogP contribution in [0.1, 0.15) is 13.3 Å². The van der Waals surface area contributed by atoms with Crippen molar-refractivity contribution in [1.29, 1.82) is 0 Å². The molecule has 1 aliphatic rings. The Balaban J connectivity index is 1.85. The van der Waals surface area contributed by atoms with Gasteiger partial charge in [-0.15, -0.1) is 0 Å². The van der Waals surface area contributed by atoms with Gasteiger partial charge >= 0.3 is 0 Å².